The van der Waals surface area contributed by atoms with Crippen molar-refractivity contribution in [3.8, 4) is 0 Å². The average molecular weight is 282 g/mol. The van der Waals surface area contributed by atoms with Crippen molar-refractivity contribution in [3.63, 3.8) is 0 Å². The lowest BCUT2D eigenvalue weighted by Crippen LogP contribution is -2.37. The highest BCUT2D eigenvalue weighted by atomic mass is 19.4. The van der Waals surface area contributed by atoms with Crippen LogP contribution in [0.4, 0.5) is 13.2 Å². The van der Waals surface area contributed by atoms with Crippen molar-refractivity contribution in [3.05, 3.63) is 0 Å². The molecule has 0 aromatic carbocycles. The Morgan fingerprint density at radius 3 is 2.74 bits per heavy atom. The standard InChI is InChI=1S/C11H17F3N2O3/c1-7(17)2-3-15-10(19)8-4-9(18)16(5-8)6-11(12,13)14/h7-8,17H,2-6H2,1H3,(H,15,19). The van der Waals surface area contributed by atoms with Crippen LogP contribution in [0.2, 0.25) is 0 Å². The fraction of sp³-hybridized carbons (Fsp3) is 0.818. The second kappa shape index (κ2) is 6.23. The normalized spacial score (nSPS) is 21.6. The van der Waals surface area contributed by atoms with E-state index < -0.39 is 36.6 Å². The minimum atomic E-state index is -4.45. The first-order valence-corrected chi connectivity index (χ1v) is 5.99. The molecular weight excluding hydrogens is 265 g/mol. The molecule has 0 aromatic heterocycles. The van der Waals surface area contributed by atoms with Crippen molar-refractivity contribution in [2.24, 2.45) is 5.92 Å². The Hall–Kier alpha value is -1.31. The molecule has 2 N–H and O–H groups in total. The SMILES string of the molecule is CC(O)CCNC(=O)C1CC(=O)N(CC(F)(F)F)C1. The van der Waals surface area contributed by atoms with Crippen molar-refractivity contribution >= 4 is 11.8 Å². The van der Waals surface area contributed by atoms with E-state index in [2.05, 4.69) is 5.32 Å². The Morgan fingerprint density at radius 2 is 2.21 bits per heavy atom. The predicted octanol–water partition coefficient (Wildman–Crippen LogP) is 0.284. The molecule has 1 aliphatic heterocycles. The first kappa shape index (κ1) is 15.7. The lowest BCUT2D eigenvalue weighted by molar-refractivity contribution is -0.157. The van der Waals surface area contributed by atoms with Gasteiger partial charge < -0.3 is 15.3 Å². The number of aliphatic hydroxyl groups excluding tert-OH is 1. The van der Waals surface area contributed by atoms with Gasteiger partial charge in [-0.2, -0.15) is 13.2 Å². The van der Waals surface area contributed by atoms with Gasteiger partial charge >= 0.3 is 6.18 Å². The predicted molar refractivity (Wildman–Crippen MR) is 60.0 cm³/mol. The number of nitrogens with one attached hydrogen (secondary N) is 1. The number of alkyl halides is 3. The molecule has 2 unspecified atom stereocenters. The molecule has 0 radical (unpaired) electrons. The van der Waals surface area contributed by atoms with Gasteiger partial charge in [0.2, 0.25) is 11.8 Å². The van der Waals surface area contributed by atoms with Crippen LogP contribution in [0.25, 0.3) is 0 Å². The average Bonchev–Trinajstić information content (AvgIpc) is 2.57. The monoisotopic (exact) mass is 282 g/mol. The molecular formula is C11H17F3N2O3. The summed E-state index contributed by atoms with van der Waals surface area (Å²) in [5.41, 5.74) is 0. The largest absolute Gasteiger partial charge is 0.406 e. The Morgan fingerprint density at radius 1 is 1.58 bits per heavy atom. The van der Waals surface area contributed by atoms with Gasteiger partial charge in [0.05, 0.1) is 12.0 Å². The summed E-state index contributed by atoms with van der Waals surface area (Å²) in [7, 11) is 0. The number of amides is 2. The summed E-state index contributed by atoms with van der Waals surface area (Å²) in [6.07, 6.45) is -4.85. The van der Waals surface area contributed by atoms with Gasteiger partial charge in [-0.25, -0.2) is 0 Å². The van der Waals surface area contributed by atoms with E-state index in [0.717, 1.165) is 0 Å². The van der Waals surface area contributed by atoms with Crippen LogP contribution < -0.4 is 5.32 Å². The second-order valence-electron chi connectivity index (χ2n) is 4.72. The van der Waals surface area contributed by atoms with E-state index in [0.29, 0.717) is 11.3 Å². The van der Waals surface area contributed by atoms with Crippen LogP contribution in [-0.4, -0.2) is 53.7 Å². The van der Waals surface area contributed by atoms with Crippen LogP contribution in [0.3, 0.4) is 0 Å². The van der Waals surface area contributed by atoms with Crippen molar-refractivity contribution in [1.29, 1.82) is 0 Å². The number of nitrogens with zero attached hydrogens (tertiary/aromatic N) is 1. The third-order valence-electron chi connectivity index (χ3n) is 2.82. The number of rotatable bonds is 5. The molecule has 1 fully saturated rings. The molecule has 19 heavy (non-hydrogen) atoms. The molecule has 2 atom stereocenters. The molecule has 1 rings (SSSR count). The van der Waals surface area contributed by atoms with E-state index in [1.807, 2.05) is 0 Å². The number of likely N-dealkylation sites (tertiary alicyclic amines) is 1. The number of carbonyl (C=O) groups is 2. The molecule has 1 heterocycles. The highest BCUT2D eigenvalue weighted by Crippen LogP contribution is 2.23. The van der Waals surface area contributed by atoms with Gasteiger partial charge in [-0.15, -0.1) is 0 Å². The minimum Gasteiger partial charge on any atom is -0.393 e. The summed E-state index contributed by atoms with van der Waals surface area (Å²) in [6, 6.07) is 0. The third-order valence-corrected chi connectivity index (χ3v) is 2.82. The Labute approximate surface area is 108 Å². The Kier molecular flexibility index (Phi) is 5.16. The summed E-state index contributed by atoms with van der Waals surface area (Å²) in [5.74, 6) is -1.85. The summed E-state index contributed by atoms with van der Waals surface area (Å²) in [4.78, 5) is 23.6. The minimum absolute atomic E-state index is 0.198. The van der Waals surface area contributed by atoms with E-state index in [-0.39, 0.29) is 19.5 Å². The van der Waals surface area contributed by atoms with E-state index in [1.54, 1.807) is 6.92 Å². The Bertz CT molecular complexity index is 345. The van der Waals surface area contributed by atoms with E-state index in [1.165, 1.54) is 0 Å². The molecule has 0 aromatic rings. The van der Waals surface area contributed by atoms with Crippen LogP contribution in [0.1, 0.15) is 19.8 Å². The number of carbonyl (C=O) groups excluding carboxylic acids is 2. The van der Waals surface area contributed by atoms with Gasteiger partial charge in [-0.3, -0.25) is 9.59 Å². The zero-order valence-corrected chi connectivity index (χ0v) is 10.5. The number of hydrogen-bond acceptors (Lipinski definition) is 3. The highest BCUT2D eigenvalue weighted by molar-refractivity contribution is 5.89. The fourth-order valence-corrected chi connectivity index (χ4v) is 1.87. The molecule has 1 aliphatic rings. The number of aliphatic hydroxyl groups is 1. The summed E-state index contributed by atoms with van der Waals surface area (Å²) in [6.45, 7) is 0.277. The van der Waals surface area contributed by atoms with E-state index in [9.17, 15) is 22.8 Å². The van der Waals surface area contributed by atoms with Crippen molar-refractivity contribution in [2.75, 3.05) is 19.6 Å². The molecule has 5 nitrogen and oxygen atoms in total. The molecule has 2 amide bonds. The van der Waals surface area contributed by atoms with Gasteiger partial charge in [-0.1, -0.05) is 0 Å². The molecule has 0 saturated carbocycles. The molecule has 0 aliphatic carbocycles. The highest BCUT2D eigenvalue weighted by Gasteiger charge is 2.40. The van der Waals surface area contributed by atoms with Crippen LogP contribution in [0, 0.1) is 5.92 Å². The first-order valence-electron chi connectivity index (χ1n) is 5.99. The van der Waals surface area contributed by atoms with Crippen LogP contribution >= 0.6 is 0 Å². The zero-order chi connectivity index (χ0) is 14.6. The maximum absolute atomic E-state index is 12.2. The van der Waals surface area contributed by atoms with Gasteiger partial charge in [0.15, 0.2) is 0 Å². The second-order valence-corrected chi connectivity index (χ2v) is 4.72. The third kappa shape index (κ3) is 5.46. The van der Waals surface area contributed by atoms with Crippen molar-refractivity contribution < 1.29 is 27.9 Å². The molecule has 110 valence electrons. The van der Waals surface area contributed by atoms with Gasteiger partial charge in [0.1, 0.15) is 6.54 Å². The topological polar surface area (TPSA) is 69.6 Å². The first-order chi connectivity index (χ1) is 8.69. The zero-order valence-electron chi connectivity index (χ0n) is 10.5. The van der Waals surface area contributed by atoms with Gasteiger partial charge in [0, 0.05) is 19.5 Å². The van der Waals surface area contributed by atoms with Crippen LogP contribution in [0.15, 0.2) is 0 Å². The van der Waals surface area contributed by atoms with Crippen LogP contribution in [-0.2, 0) is 9.59 Å². The number of hydrogen-bond donors (Lipinski definition) is 2. The molecule has 0 bridgehead atoms. The molecule has 1 saturated heterocycles. The molecule has 0 spiro atoms. The lowest BCUT2D eigenvalue weighted by atomic mass is 10.1. The van der Waals surface area contributed by atoms with Crippen LogP contribution in [0.5, 0.6) is 0 Å². The van der Waals surface area contributed by atoms with Gasteiger partial charge in [-0.05, 0) is 13.3 Å². The van der Waals surface area contributed by atoms with Crippen molar-refractivity contribution in [2.45, 2.75) is 32.0 Å². The maximum Gasteiger partial charge on any atom is 0.406 e. The van der Waals surface area contributed by atoms with Gasteiger partial charge in [0.25, 0.3) is 0 Å². The summed E-state index contributed by atoms with van der Waals surface area (Å²) < 4.78 is 36.5. The Balaban J connectivity index is 2.41. The van der Waals surface area contributed by atoms with Crippen molar-refractivity contribution in [1.82, 2.24) is 10.2 Å². The lowest BCUT2D eigenvalue weighted by Gasteiger charge is -2.18. The van der Waals surface area contributed by atoms with E-state index >= 15 is 0 Å². The summed E-state index contributed by atoms with van der Waals surface area (Å²) >= 11 is 0. The fourth-order valence-electron chi connectivity index (χ4n) is 1.87. The quantitative estimate of drug-likeness (QED) is 0.761. The smallest absolute Gasteiger partial charge is 0.393 e. The number of halogens is 3. The van der Waals surface area contributed by atoms with E-state index in [4.69, 9.17) is 5.11 Å². The molecule has 8 heteroatoms. The maximum atomic E-state index is 12.2. The summed E-state index contributed by atoms with van der Waals surface area (Å²) in [5, 5.41) is 11.5.